The van der Waals surface area contributed by atoms with Crippen LogP contribution < -0.4 is 15.8 Å². The highest BCUT2D eigenvalue weighted by atomic mass is 16.6. The molecule has 0 saturated heterocycles. The first-order valence-corrected chi connectivity index (χ1v) is 6.76. The first-order valence-electron chi connectivity index (χ1n) is 6.76. The normalized spacial score (nSPS) is 12.6. The maximum absolute atomic E-state index is 11.3. The van der Waals surface area contributed by atoms with Gasteiger partial charge in [-0.3, -0.25) is 10.1 Å². The van der Waals surface area contributed by atoms with E-state index in [4.69, 9.17) is 10.5 Å². The molecule has 0 spiro atoms. The highest BCUT2D eigenvalue weighted by molar-refractivity contribution is 5.68. The van der Waals surface area contributed by atoms with Crippen LogP contribution in [0.1, 0.15) is 27.7 Å². The number of nitro groups is 1. The summed E-state index contributed by atoms with van der Waals surface area (Å²) in [5.74, 6) is 0.574. The molecule has 112 valence electrons. The fourth-order valence-corrected chi connectivity index (χ4v) is 1.67. The molecule has 0 aliphatic carbocycles. The number of hydrogen-bond donors (Lipinski definition) is 2. The maximum atomic E-state index is 11.3. The zero-order chi connectivity index (χ0) is 15.3. The molecule has 0 heterocycles. The van der Waals surface area contributed by atoms with Crippen LogP contribution in [0.15, 0.2) is 18.2 Å². The highest BCUT2D eigenvalue weighted by Gasteiger charge is 2.22. The molecule has 1 unspecified atom stereocenters. The van der Waals surface area contributed by atoms with Crippen molar-refractivity contribution in [2.24, 2.45) is 11.7 Å². The van der Waals surface area contributed by atoms with E-state index in [-0.39, 0.29) is 23.6 Å². The minimum absolute atomic E-state index is 0.0443. The monoisotopic (exact) mass is 281 g/mol. The smallest absolute Gasteiger partial charge is 0.333 e. The molecule has 1 aromatic carbocycles. The van der Waals surface area contributed by atoms with Crippen molar-refractivity contribution in [2.75, 3.05) is 11.9 Å². The lowest BCUT2D eigenvalue weighted by Crippen LogP contribution is -2.34. The average molecular weight is 281 g/mol. The third-order valence-corrected chi connectivity index (χ3v) is 2.93. The van der Waals surface area contributed by atoms with Gasteiger partial charge >= 0.3 is 5.69 Å². The SMILES string of the molecule is CC(C)Oc1cccc(NCC(N)C(C)C)c1[N+](=O)[O-]. The Morgan fingerprint density at radius 1 is 1.35 bits per heavy atom. The Hall–Kier alpha value is -1.82. The first-order chi connectivity index (χ1) is 9.32. The number of anilines is 1. The summed E-state index contributed by atoms with van der Waals surface area (Å²) >= 11 is 0. The van der Waals surface area contributed by atoms with Gasteiger partial charge in [-0.05, 0) is 31.9 Å². The van der Waals surface area contributed by atoms with E-state index in [2.05, 4.69) is 5.32 Å². The number of hydrogen-bond acceptors (Lipinski definition) is 5. The second kappa shape index (κ2) is 7.09. The molecule has 0 saturated carbocycles. The Labute approximate surface area is 119 Å². The van der Waals surface area contributed by atoms with Crippen LogP contribution in [0.3, 0.4) is 0 Å². The van der Waals surface area contributed by atoms with Crippen molar-refractivity contribution in [3.63, 3.8) is 0 Å². The molecule has 1 aromatic rings. The number of benzene rings is 1. The van der Waals surface area contributed by atoms with Crippen molar-refractivity contribution in [1.29, 1.82) is 0 Å². The predicted molar refractivity (Wildman–Crippen MR) is 80.2 cm³/mol. The summed E-state index contributed by atoms with van der Waals surface area (Å²) in [5.41, 5.74) is 6.34. The molecule has 3 N–H and O–H groups in total. The van der Waals surface area contributed by atoms with Crippen molar-refractivity contribution in [2.45, 2.75) is 39.8 Å². The number of nitro benzene ring substituents is 1. The van der Waals surface area contributed by atoms with Crippen molar-refractivity contribution in [1.82, 2.24) is 0 Å². The summed E-state index contributed by atoms with van der Waals surface area (Å²) in [4.78, 5) is 10.8. The van der Waals surface area contributed by atoms with Gasteiger partial charge in [0.05, 0.1) is 11.0 Å². The van der Waals surface area contributed by atoms with Gasteiger partial charge in [0.2, 0.25) is 0 Å². The molecule has 1 atom stereocenters. The van der Waals surface area contributed by atoms with E-state index < -0.39 is 4.92 Å². The van der Waals surface area contributed by atoms with Gasteiger partial charge in [-0.1, -0.05) is 19.9 Å². The van der Waals surface area contributed by atoms with E-state index in [1.165, 1.54) is 0 Å². The summed E-state index contributed by atoms with van der Waals surface area (Å²) in [6, 6.07) is 4.93. The van der Waals surface area contributed by atoms with Gasteiger partial charge < -0.3 is 15.8 Å². The zero-order valence-electron chi connectivity index (χ0n) is 12.4. The molecule has 0 aromatic heterocycles. The quantitative estimate of drug-likeness (QED) is 0.592. The summed E-state index contributed by atoms with van der Waals surface area (Å²) in [6.07, 6.45) is -0.123. The fourth-order valence-electron chi connectivity index (χ4n) is 1.67. The van der Waals surface area contributed by atoms with E-state index >= 15 is 0 Å². The second-order valence-electron chi connectivity index (χ2n) is 5.36. The molecule has 20 heavy (non-hydrogen) atoms. The largest absolute Gasteiger partial charge is 0.484 e. The highest BCUT2D eigenvalue weighted by Crippen LogP contribution is 2.35. The van der Waals surface area contributed by atoms with Gasteiger partial charge in [0.1, 0.15) is 5.69 Å². The average Bonchev–Trinajstić information content (AvgIpc) is 2.34. The van der Waals surface area contributed by atoms with Crippen molar-refractivity contribution in [3.8, 4) is 5.75 Å². The molecule has 0 amide bonds. The van der Waals surface area contributed by atoms with E-state index in [0.717, 1.165) is 0 Å². The number of nitrogens with two attached hydrogens (primary N) is 1. The third kappa shape index (κ3) is 4.38. The fraction of sp³-hybridized carbons (Fsp3) is 0.571. The van der Waals surface area contributed by atoms with Gasteiger partial charge in [-0.2, -0.15) is 0 Å². The first kappa shape index (κ1) is 16.2. The van der Waals surface area contributed by atoms with E-state index in [0.29, 0.717) is 18.2 Å². The van der Waals surface area contributed by atoms with Gasteiger partial charge in [-0.25, -0.2) is 0 Å². The van der Waals surface area contributed by atoms with Crippen LogP contribution in [0.5, 0.6) is 5.75 Å². The van der Waals surface area contributed by atoms with Gasteiger partial charge in [0, 0.05) is 12.6 Å². The molecular weight excluding hydrogens is 258 g/mol. The van der Waals surface area contributed by atoms with Crippen LogP contribution >= 0.6 is 0 Å². The topological polar surface area (TPSA) is 90.4 Å². The van der Waals surface area contributed by atoms with Crippen LogP contribution in [-0.4, -0.2) is 23.6 Å². The van der Waals surface area contributed by atoms with Crippen LogP contribution in [0.2, 0.25) is 0 Å². The maximum Gasteiger partial charge on any atom is 0.333 e. The van der Waals surface area contributed by atoms with Gasteiger partial charge in [0.25, 0.3) is 0 Å². The molecule has 0 bridgehead atoms. The Morgan fingerprint density at radius 3 is 2.50 bits per heavy atom. The molecule has 0 aliphatic rings. The minimum Gasteiger partial charge on any atom is -0.484 e. The predicted octanol–water partition coefficient (Wildman–Crippen LogP) is 2.78. The van der Waals surface area contributed by atoms with E-state index in [1.807, 2.05) is 27.7 Å². The lowest BCUT2D eigenvalue weighted by atomic mass is 10.1. The van der Waals surface area contributed by atoms with Crippen molar-refractivity contribution >= 4 is 11.4 Å². The van der Waals surface area contributed by atoms with Crippen LogP contribution in [0.4, 0.5) is 11.4 Å². The summed E-state index contributed by atoms with van der Waals surface area (Å²) < 4.78 is 5.49. The molecular formula is C14H23N3O3. The van der Waals surface area contributed by atoms with Crippen LogP contribution in [0, 0.1) is 16.0 Å². The molecule has 6 heteroatoms. The summed E-state index contributed by atoms with van der Waals surface area (Å²) in [5, 5.41) is 14.3. The van der Waals surface area contributed by atoms with Gasteiger partial charge in [-0.15, -0.1) is 0 Å². The Balaban J connectivity index is 2.97. The molecule has 0 radical (unpaired) electrons. The number of ether oxygens (including phenoxy) is 1. The van der Waals surface area contributed by atoms with Crippen LogP contribution in [-0.2, 0) is 0 Å². The molecule has 0 fully saturated rings. The van der Waals surface area contributed by atoms with E-state index in [9.17, 15) is 10.1 Å². The van der Waals surface area contributed by atoms with Crippen molar-refractivity contribution < 1.29 is 9.66 Å². The molecule has 6 nitrogen and oxygen atoms in total. The second-order valence-corrected chi connectivity index (χ2v) is 5.36. The van der Waals surface area contributed by atoms with Gasteiger partial charge in [0.15, 0.2) is 5.75 Å². The number of nitrogens with zero attached hydrogens (tertiary/aromatic N) is 1. The minimum atomic E-state index is -0.430. The number of nitrogens with one attached hydrogen (secondary N) is 1. The standard InChI is InChI=1S/C14H23N3O3/c1-9(2)11(15)8-16-12-6-5-7-13(20-10(3)4)14(12)17(18)19/h5-7,9-11,16H,8,15H2,1-4H3. The lowest BCUT2D eigenvalue weighted by Gasteiger charge is -2.18. The third-order valence-electron chi connectivity index (χ3n) is 2.93. The van der Waals surface area contributed by atoms with E-state index in [1.54, 1.807) is 18.2 Å². The Bertz CT molecular complexity index is 461. The van der Waals surface area contributed by atoms with Crippen molar-refractivity contribution in [3.05, 3.63) is 28.3 Å². The lowest BCUT2D eigenvalue weighted by molar-refractivity contribution is -0.385. The summed E-state index contributed by atoms with van der Waals surface area (Å²) in [7, 11) is 0. The number of rotatable bonds is 7. The number of para-hydroxylation sites is 1. The Morgan fingerprint density at radius 2 is 2.00 bits per heavy atom. The van der Waals surface area contributed by atoms with Crippen LogP contribution in [0.25, 0.3) is 0 Å². The Kier molecular flexibility index (Phi) is 5.76. The molecule has 0 aliphatic heterocycles. The summed E-state index contributed by atoms with van der Waals surface area (Å²) in [6.45, 7) is 8.17. The zero-order valence-corrected chi connectivity index (χ0v) is 12.4. The molecule has 1 rings (SSSR count).